The van der Waals surface area contributed by atoms with Gasteiger partial charge in [-0.2, -0.15) is 0 Å². The standard InChI is InChI=1S/C13H17NO2/c15-12-2-3-13-11(7-12)6-10(9-16-13)8-14-4-1-5-14/h2-3,7,10,15H,1,4-6,8-9H2. The highest BCUT2D eigenvalue weighted by molar-refractivity contribution is 5.41. The van der Waals surface area contributed by atoms with Crippen LogP contribution in [0.15, 0.2) is 18.2 Å². The molecule has 16 heavy (non-hydrogen) atoms. The van der Waals surface area contributed by atoms with E-state index in [1.165, 1.54) is 19.5 Å². The average Bonchev–Trinajstić information content (AvgIpc) is 2.23. The first-order chi connectivity index (χ1) is 7.81. The fraction of sp³-hybridized carbons (Fsp3) is 0.538. The number of fused-ring (bicyclic) bond motifs is 1. The van der Waals surface area contributed by atoms with Crippen LogP contribution in [0.3, 0.4) is 0 Å². The summed E-state index contributed by atoms with van der Waals surface area (Å²) in [6, 6.07) is 5.39. The van der Waals surface area contributed by atoms with Gasteiger partial charge in [-0.3, -0.25) is 0 Å². The number of benzene rings is 1. The summed E-state index contributed by atoms with van der Waals surface area (Å²) in [4.78, 5) is 2.47. The molecule has 3 nitrogen and oxygen atoms in total. The van der Waals surface area contributed by atoms with Crippen molar-refractivity contribution in [1.29, 1.82) is 0 Å². The van der Waals surface area contributed by atoms with Crippen LogP contribution < -0.4 is 4.74 Å². The molecule has 86 valence electrons. The Balaban J connectivity index is 1.69. The summed E-state index contributed by atoms with van der Waals surface area (Å²) < 4.78 is 5.72. The maximum Gasteiger partial charge on any atom is 0.122 e. The molecule has 3 rings (SSSR count). The fourth-order valence-electron chi connectivity index (χ4n) is 2.49. The molecule has 0 saturated carbocycles. The average molecular weight is 219 g/mol. The van der Waals surface area contributed by atoms with E-state index in [9.17, 15) is 5.11 Å². The Morgan fingerprint density at radius 2 is 2.25 bits per heavy atom. The van der Waals surface area contributed by atoms with Crippen molar-refractivity contribution in [2.45, 2.75) is 12.8 Å². The van der Waals surface area contributed by atoms with Gasteiger partial charge in [-0.1, -0.05) is 0 Å². The van der Waals surface area contributed by atoms with Gasteiger partial charge >= 0.3 is 0 Å². The molecule has 1 N–H and O–H groups in total. The molecule has 1 fully saturated rings. The number of nitrogens with zero attached hydrogens (tertiary/aromatic N) is 1. The van der Waals surface area contributed by atoms with Gasteiger partial charge in [-0.25, -0.2) is 0 Å². The Labute approximate surface area is 95.6 Å². The summed E-state index contributed by atoms with van der Waals surface area (Å²) in [5.41, 5.74) is 1.15. The summed E-state index contributed by atoms with van der Waals surface area (Å²) in [7, 11) is 0. The number of hydrogen-bond donors (Lipinski definition) is 1. The molecule has 2 aliphatic rings. The second-order valence-corrected chi connectivity index (χ2v) is 4.83. The van der Waals surface area contributed by atoms with Crippen LogP contribution in [-0.2, 0) is 6.42 Å². The van der Waals surface area contributed by atoms with E-state index in [0.29, 0.717) is 11.7 Å². The predicted octanol–water partition coefficient (Wildman–Crippen LogP) is 1.65. The van der Waals surface area contributed by atoms with Gasteiger partial charge in [0, 0.05) is 12.5 Å². The van der Waals surface area contributed by atoms with Crippen molar-refractivity contribution in [3.8, 4) is 11.5 Å². The third-order valence-electron chi connectivity index (χ3n) is 3.49. The lowest BCUT2D eigenvalue weighted by Crippen LogP contribution is -2.42. The normalized spacial score (nSPS) is 24.4. The Hall–Kier alpha value is -1.22. The smallest absolute Gasteiger partial charge is 0.122 e. The van der Waals surface area contributed by atoms with E-state index in [0.717, 1.165) is 30.9 Å². The molecule has 0 amide bonds. The minimum absolute atomic E-state index is 0.340. The molecule has 3 heteroatoms. The topological polar surface area (TPSA) is 32.7 Å². The molecule has 0 aliphatic carbocycles. The molecule has 1 aromatic rings. The molecule has 0 aromatic heterocycles. The monoisotopic (exact) mass is 219 g/mol. The van der Waals surface area contributed by atoms with Gasteiger partial charge in [0.15, 0.2) is 0 Å². The molecular formula is C13H17NO2. The van der Waals surface area contributed by atoms with Crippen LogP contribution in [-0.4, -0.2) is 36.2 Å². The van der Waals surface area contributed by atoms with Gasteiger partial charge in [0.1, 0.15) is 11.5 Å². The first kappa shape index (κ1) is 9.97. The second kappa shape index (κ2) is 3.98. The number of hydrogen-bond acceptors (Lipinski definition) is 3. The van der Waals surface area contributed by atoms with E-state index in [1.54, 1.807) is 6.07 Å². The van der Waals surface area contributed by atoms with Crippen LogP contribution in [0, 0.1) is 5.92 Å². The molecular weight excluding hydrogens is 202 g/mol. The van der Waals surface area contributed by atoms with Crippen LogP contribution >= 0.6 is 0 Å². The summed E-state index contributed by atoms with van der Waals surface area (Å²) >= 11 is 0. The van der Waals surface area contributed by atoms with Gasteiger partial charge < -0.3 is 14.7 Å². The van der Waals surface area contributed by atoms with Crippen molar-refractivity contribution in [2.75, 3.05) is 26.2 Å². The highest BCUT2D eigenvalue weighted by atomic mass is 16.5. The molecule has 2 aliphatic heterocycles. The van der Waals surface area contributed by atoms with Crippen LogP contribution in [0.2, 0.25) is 0 Å². The van der Waals surface area contributed by atoms with Crippen LogP contribution in [0.4, 0.5) is 0 Å². The van der Waals surface area contributed by atoms with Gasteiger partial charge in [0.25, 0.3) is 0 Å². The van der Waals surface area contributed by atoms with E-state index in [4.69, 9.17) is 4.74 Å². The summed E-state index contributed by atoms with van der Waals surface area (Å²) in [6.45, 7) is 4.43. The first-order valence-electron chi connectivity index (χ1n) is 5.98. The van der Waals surface area contributed by atoms with Crippen LogP contribution in [0.1, 0.15) is 12.0 Å². The van der Waals surface area contributed by atoms with E-state index in [2.05, 4.69) is 4.90 Å². The lowest BCUT2D eigenvalue weighted by Gasteiger charge is -2.35. The van der Waals surface area contributed by atoms with E-state index < -0.39 is 0 Å². The Kier molecular flexibility index (Phi) is 2.48. The second-order valence-electron chi connectivity index (χ2n) is 4.83. The van der Waals surface area contributed by atoms with E-state index in [-0.39, 0.29) is 0 Å². The van der Waals surface area contributed by atoms with Gasteiger partial charge in [0.05, 0.1) is 6.61 Å². The molecule has 1 saturated heterocycles. The largest absolute Gasteiger partial charge is 0.508 e. The Bertz CT molecular complexity index is 388. The minimum Gasteiger partial charge on any atom is -0.508 e. The first-order valence-corrected chi connectivity index (χ1v) is 5.98. The van der Waals surface area contributed by atoms with E-state index in [1.807, 2.05) is 12.1 Å². The zero-order chi connectivity index (χ0) is 11.0. The Morgan fingerprint density at radius 3 is 3.00 bits per heavy atom. The molecule has 1 unspecified atom stereocenters. The summed E-state index contributed by atoms with van der Waals surface area (Å²) in [6.07, 6.45) is 2.37. The van der Waals surface area contributed by atoms with Crippen molar-refractivity contribution < 1.29 is 9.84 Å². The van der Waals surface area contributed by atoms with Crippen LogP contribution in [0.5, 0.6) is 11.5 Å². The maximum absolute atomic E-state index is 9.45. The lowest BCUT2D eigenvalue weighted by molar-refractivity contribution is 0.116. The predicted molar refractivity (Wildman–Crippen MR) is 61.9 cm³/mol. The van der Waals surface area contributed by atoms with Crippen molar-refractivity contribution >= 4 is 0 Å². The third-order valence-corrected chi connectivity index (χ3v) is 3.49. The highest BCUT2D eigenvalue weighted by Gasteiger charge is 2.24. The molecule has 1 aromatic carbocycles. The molecule has 0 bridgehead atoms. The summed E-state index contributed by atoms with van der Waals surface area (Å²) in [5, 5.41) is 9.45. The molecule has 0 radical (unpaired) electrons. The zero-order valence-electron chi connectivity index (χ0n) is 9.35. The lowest BCUT2D eigenvalue weighted by atomic mass is 9.95. The fourth-order valence-corrected chi connectivity index (χ4v) is 2.49. The SMILES string of the molecule is Oc1ccc2c(c1)CC(CN1CCC1)CO2. The van der Waals surface area contributed by atoms with Crippen LogP contribution in [0.25, 0.3) is 0 Å². The molecule has 2 heterocycles. The minimum atomic E-state index is 0.340. The number of phenolic OH excluding ortho intramolecular Hbond substituents is 1. The van der Waals surface area contributed by atoms with E-state index >= 15 is 0 Å². The van der Waals surface area contributed by atoms with Gasteiger partial charge in [0.2, 0.25) is 0 Å². The molecule has 0 spiro atoms. The number of aromatic hydroxyl groups is 1. The van der Waals surface area contributed by atoms with Crippen molar-refractivity contribution in [3.63, 3.8) is 0 Å². The third kappa shape index (κ3) is 1.87. The zero-order valence-corrected chi connectivity index (χ0v) is 9.35. The summed E-state index contributed by atoms with van der Waals surface area (Å²) in [5.74, 6) is 1.86. The van der Waals surface area contributed by atoms with Crippen molar-refractivity contribution in [2.24, 2.45) is 5.92 Å². The quantitative estimate of drug-likeness (QED) is 0.821. The maximum atomic E-state index is 9.45. The highest BCUT2D eigenvalue weighted by Crippen LogP contribution is 2.30. The molecule has 1 atom stereocenters. The van der Waals surface area contributed by atoms with Gasteiger partial charge in [-0.15, -0.1) is 0 Å². The number of phenols is 1. The van der Waals surface area contributed by atoms with Gasteiger partial charge in [-0.05, 0) is 49.7 Å². The van der Waals surface area contributed by atoms with Crippen molar-refractivity contribution in [3.05, 3.63) is 23.8 Å². The van der Waals surface area contributed by atoms with Crippen molar-refractivity contribution in [1.82, 2.24) is 4.90 Å². The number of likely N-dealkylation sites (tertiary alicyclic amines) is 1. The number of rotatable bonds is 2. The number of ether oxygens (including phenoxy) is 1. The Morgan fingerprint density at radius 1 is 1.38 bits per heavy atom.